The second-order valence-electron chi connectivity index (χ2n) is 8.92. The lowest BCUT2D eigenvalue weighted by molar-refractivity contribution is 0.448. The van der Waals surface area contributed by atoms with E-state index in [1.165, 1.54) is 18.2 Å². The van der Waals surface area contributed by atoms with E-state index < -0.39 is 46.1 Å². The molecule has 43 heavy (non-hydrogen) atoms. The summed E-state index contributed by atoms with van der Waals surface area (Å²) >= 11 is 0. The number of nitriles is 3. The van der Waals surface area contributed by atoms with Gasteiger partial charge in [0.15, 0.2) is 34.8 Å². The van der Waals surface area contributed by atoms with Crippen molar-refractivity contribution in [2.75, 3.05) is 16.1 Å². The summed E-state index contributed by atoms with van der Waals surface area (Å²) in [5.74, 6) is -10.0. The van der Waals surface area contributed by atoms with Gasteiger partial charge in [-0.15, -0.1) is 0 Å². The highest BCUT2D eigenvalue weighted by atomic mass is 19.2. The molecule has 13 nitrogen and oxygen atoms in total. The third-order valence-electron chi connectivity index (χ3n) is 6.46. The Kier molecular flexibility index (Phi) is 6.45. The molecule has 212 valence electrons. The first-order chi connectivity index (χ1) is 20.4. The highest BCUT2D eigenvalue weighted by molar-refractivity contribution is 6.02. The average molecular weight is 585 g/mol. The third-order valence-corrected chi connectivity index (χ3v) is 6.46. The number of nitrogen functional groups attached to an aromatic ring is 1. The summed E-state index contributed by atoms with van der Waals surface area (Å²) in [5.41, 5.74) is 22.6. The number of amidine groups is 2. The Balaban J connectivity index is 1.75. The smallest absolute Gasteiger partial charge is 0.173 e. The van der Waals surface area contributed by atoms with Gasteiger partial charge in [-0.2, -0.15) is 20.9 Å². The van der Waals surface area contributed by atoms with E-state index >= 15 is 0 Å². The summed E-state index contributed by atoms with van der Waals surface area (Å²) in [4.78, 5) is 4.36. The number of rotatable bonds is 4. The molecule has 0 atom stereocenters. The van der Waals surface area contributed by atoms with Crippen molar-refractivity contribution in [3.8, 4) is 18.2 Å². The molecule has 0 saturated heterocycles. The topological polar surface area (TPSA) is 261 Å². The SMILES string of the molecule is N#CC1=C(C#N)Nc2c3c(c4cc(NN=C(N)c5c(F)c(F)c(C(=N)N)c(F)c5F)c(C#N)nc4c2=C1)=CC(N)=C(N)N3. The highest BCUT2D eigenvalue weighted by Crippen LogP contribution is 2.29. The molecule has 5 rings (SSSR count). The summed E-state index contributed by atoms with van der Waals surface area (Å²) in [5, 5.41) is 46.5. The van der Waals surface area contributed by atoms with E-state index in [1.807, 2.05) is 18.2 Å². The van der Waals surface area contributed by atoms with Crippen LogP contribution in [0.1, 0.15) is 16.8 Å². The van der Waals surface area contributed by atoms with Crippen LogP contribution in [-0.4, -0.2) is 16.7 Å². The maximum atomic E-state index is 14.6. The molecule has 0 bridgehead atoms. The van der Waals surface area contributed by atoms with E-state index in [9.17, 15) is 33.3 Å². The molecule has 0 saturated carbocycles. The van der Waals surface area contributed by atoms with Gasteiger partial charge in [0.2, 0.25) is 0 Å². The molecule has 3 aromatic rings. The second-order valence-corrected chi connectivity index (χ2v) is 8.92. The van der Waals surface area contributed by atoms with Gasteiger partial charge in [0.1, 0.15) is 35.6 Å². The first kappa shape index (κ1) is 27.8. The van der Waals surface area contributed by atoms with Gasteiger partial charge in [-0.05, 0) is 18.2 Å². The van der Waals surface area contributed by atoms with Crippen LogP contribution < -0.4 is 49.4 Å². The fraction of sp³-hybridized carbons (Fsp3) is 0. The molecule has 0 radical (unpaired) electrons. The number of nitrogens with one attached hydrogen (secondary N) is 4. The Bertz CT molecular complexity index is 2170. The molecule has 0 unspecified atom stereocenters. The monoisotopic (exact) mass is 585 g/mol. The molecular weight excluding hydrogens is 570 g/mol. The number of benzene rings is 2. The van der Waals surface area contributed by atoms with E-state index in [2.05, 4.69) is 26.1 Å². The number of nitrogens with zero attached hydrogens (tertiary/aromatic N) is 5. The number of allylic oxidation sites excluding steroid dienone is 3. The fourth-order valence-corrected chi connectivity index (χ4v) is 4.46. The molecule has 2 aliphatic rings. The van der Waals surface area contributed by atoms with Crippen LogP contribution in [0.15, 0.2) is 34.0 Å². The predicted molar refractivity (Wildman–Crippen MR) is 147 cm³/mol. The van der Waals surface area contributed by atoms with E-state index in [0.29, 0.717) is 27.2 Å². The van der Waals surface area contributed by atoms with Gasteiger partial charge in [0.25, 0.3) is 0 Å². The molecule has 2 aromatic carbocycles. The number of anilines is 3. The molecule has 0 aliphatic carbocycles. The number of pyridine rings is 1. The summed E-state index contributed by atoms with van der Waals surface area (Å²) in [6.45, 7) is 0. The Labute approximate surface area is 237 Å². The van der Waals surface area contributed by atoms with Crippen molar-refractivity contribution in [1.29, 1.82) is 21.2 Å². The Morgan fingerprint density at radius 2 is 1.51 bits per heavy atom. The molecule has 2 aliphatic heterocycles. The zero-order valence-corrected chi connectivity index (χ0v) is 21.3. The lowest BCUT2D eigenvalue weighted by Gasteiger charge is -2.23. The maximum absolute atomic E-state index is 14.6. The van der Waals surface area contributed by atoms with E-state index in [0.717, 1.165) is 0 Å². The van der Waals surface area contributed by atoms with Crippen molar-refractivity contribution in [2.45, 2.75) is 0 Å². The first-order valence-electron chi connectivity index (χ1n) is 11.7. The van der Waals surface area contributed by atoms with Crippen molar-refractivity contribution in [3.63, 3.8) is 0 Å². The zero-order valence-electron chi connectivity index (χ0n) is 21.3. The minimum atomic E-state index is -1.95. The van der Waals surface area contributed by atoms with Gasteiger partial charge in [-0.3, -0.25) is 10.8 Å². The van der Waals surface area contributed by atoms with Gasteiger partial charge in [0.05, 0.1) is 45.0 Å². The minimum Gasteiger partial charge on any atom is -0.396 e. The van der Waals surface area contributed by atoms with Crippen LogP contribution in [-0.2, 0) is 0 Å². The first-order valence-corrected chi connectivity index (χ1v) is 11.7. The Morgan fingerprint density at radius 1 is 0.884 bits per heavy atom. The fourth-order valence-electron chi connectivity index (χ4n) is 4.46. The number of nitrogens with two attached hydrogens (primary N) is 4. The van der Waals surface area contributed by atoms with E-state index in [-0.39, 0.29) is 39.7 Å². The van der Waals surface area contributed by atoms with Crippen LogP contribution in [0.3, 0.4) is 0 Å². The molecule has 0 amide bonds. The molecule has 1 aromatic heterocycles. The lowest BCUT2D eigenvalue weighted by Crippen LogP contribution is -2.32. The van der Waals surface area contributed by atoms with Crippen LogP contribution in [0.25, 0.3) is 23.1 Å². The van der Waals surface area contributed by atoms with Crippen molar-refractivity contribution < 1.29 is 17.6 Å². The number of hydrazone groups is 1. The van der Waals surface area contributed by atoms with Gasteiger partial charge >= 0.3 is 0 Å². The van der Waals surface area contributed by atoms with Gasteiger partial charge < -0.3 is 33.6 Å². The van der Waals surface area contributed by atoms with Crippen LogP contribution >= 0.6 is 0 Å². The van der Waals surface area contributed by atoms with Crippen molar-refractivity contribution in [2.24, 2.45) is 28.0 Å². The number of hydrogen-bond acceptors (Lipinski definition) is 11. The standard InChI is InChI=1S/C26H15F4N13/c27-17-15(24(35)36)18(28)20(30)16(19(17)29)26(38)43-42-12-3-9-8-2-11(34)25(37)41-22(8)23-10(21(9)40-14(12)6-33)1-7(4-31)13(5-32)39-23/h1-3,39,41-42H,34,37H2,(H3,35,36)(H2,38,43). The number of hydrogen-bond donors (Lipinski definition) is 8. The quantitative estimate of drug-likeness (QED) is 0.0686. The predicted octanol–water partition coefficient (Wildman–Crippen LogP) is 0.479. The molecular formula is C26H15F4N13. The van der Waals surface area contributed by atoms with Crippen LogP contribution in [0.5, 0.6) is 0 Å². The van der Waals surface area contributed by atoms with Crippen LogP contribution in [0, 0.1) is 62.7 Å². The van der Waals surface area contributed by atoms with Crippen molar-refractivity contribution >= 4 is 51.8 Å². The number of halogens is 4. The molecule has 12 N–H and O–H groups in total. The van der Waals surface area contributed by atoms with Crippen molar-refractivity contribution in [1.82, 2.24) is 4.98 Å². The normalized spacial score (nSPS) is 13.7. The van der Waals surface area contributed by atoms with E-state index in [4.69, 9.17) is 28.3 Å². The summed E-state index contributed by atoms with van der Waals surface area (Å²) in [7, 11) is 0. The zero-order chi connectivity index (χ0) is 31.3. The van der Waals surface area contributed by atoms with Crippen LogP contribution in [0.2, 0.25) is 0 Å². The Morgan fingerprint density at radius 3 is 2.09 bits per heavy atom. The third kappa shape index (κ3) is 4.19. The summed E-state index contributed by atoms with van der Waals surface area (Å²) in [6.07, 6.45) is 2.88. The highest BCUT2D eigenvalue weighted by Gasteiger charge is 2.29. The average Bonchev–Trinajstić information content (AvgIpc) is 2.98. The minimum absolute atomic E-state index is 0.0155. The Hall–Kier alpha value is -6.80. The maximum Gasteiger partial charge on any atom is 0.173 e. The van der Waals surface area contributed by atoms with Gasteiger partial charge in [-0.25, -0.2) is 22.5 Å². The number of aromatic nitrogens is 1. The van der Waals surface area contributed by atoms with Crippen molar-refractivity contribution in [3.05, 3.63) is 79.4 Å². The van der Waals surface area contributed by atoms with Gasteiger partial charge in [0, 0.05) is 15.8 Å². The molecule has 3 heterocycles. The lowest BCUT2D eigenvalue weighted by atomic mass is 9.98. The van der Waals surface area contributed by atoms with Gasteiger partial charge in [-0.1, -0.05) is 0 Å². The number of fused-ring (bicyclic) bond motifs is 6. The second kappa shape index (κ2) is 9.99. The van der Waals surface area contributed by atoms with E-state index in [1.54, 1.807) is 0 Å². The van der Waals surface area contributed by atoms with Crippen LogP contribution in [0.4, 0.5) is 34.6 Å². The largest absolute Gasteiger partial charge is 0.396 e. The molecule has 0 spiro atoms. The summed E-state index contributed by atoms with van der Waals surface area (Å²) in [6, 6.07) is 7.00. The molecule has 17 heteroatoms. The summed E-state index contributed by atoms with van der Waals surface area (Å²) < 4.78 is 58.0. The molecule has 0 fully saturated rings.